The van der Waals surface area contributed by atoms with E-state index >= 15 is 0 Å². The van der Waals surface area contributed by atoms with Gasteiger partial charge in [-0.25, -0.2) is 14.4 Å². The van der Waals surface area contributed by atoms with Crippen LogP contribution < -0.4 is 5.73 Å². The van der Waals surface area contributed by atoms with Crippen molar-refractivity contribution in [3.63, 3.8) is 0 Å². The maximum atomic E-state index is 13.8. The topological polar surface area (TPSA) is 72.1 Å². The molecule has 2 aromatic carbocycles. The zero-order valence-corrected chi connectivity index (χ0v) is 16.8. The van der Waals surface area contributed by atoms with Gasteiger partial charge in [-0.2, -0.15) is 0 Å². The minimum absolute atomic E-state index is 0.103. The average Bonchev–Trinajstić information content (AvgIpc) is 2.78. The molecule has 3 aromatic rings. The second kappa shape index (κ2) is 9.03. The second-order valence-electron chi connectivity index (χ2n) is 7.62. The predicted octanol–water partition coefficient (Wildman–Crippen LogP) is 4.55. The molecule has 2 heterocycles. The molecule has 6 heteroatoms. The minimum Gasteiger partial charge on any atom is -0.368 e. The highest BCUT2D eigenvalue weighted by atomic mass is 19.1. The van der Waals surface area contributed by atoms with Crippen LogP contribution in [0.15, 0.2) is 60.8 Å². The van der Waals surface area contributed by atoms with Crippen LogP contribution in [-0.4, -0.2) is 27.3 Å². The SMILES string of the molecule is Nc1ncc(-c2cccc(F)c2)c([C@@H]2CCCCN2C(=O)CCc2ccccc2)n1. The number of carbonyl (C=O) groups is 1. The summed E-state index contributed by atoms with van der Waals surface area (Å²) >= 11 is 0. The van der Waals surface area contributed by atoms with Gasteiger partial charge < -0.3 is 10.6 Å². The molecule has 1 fully saturated rings. The highest BCUT2D eigenvalue weighted by Gasteiger charge is 2.31. The number of nitrogen functional groups attached to an aromatic ring is 1. The smallest absolute Gasteiger partial charge is 0.223 e. The van der Waals surface area contributed by atoms with Gasteiger partial charge in [0.25, 0.3) is 0 Å². The molecule has 1 amide bonds. The first-order valence-corrected chi connectivity index (χ1v) is 10.3. The molecule has 0 radical (unpaired) electrons. The minimum atomic E-state index is -0.324. The molecule has 0 saturated carbocycles. The molecule has 1 aliphatic rings. The number of nitrogens with zero attached hydrogens (tertiary/aromatic N) is 3. The molecular weight excluding hydrogens is 379 g/mol. The van der Waals surface area contributed by atoms with Gasteiger partial charge in [-0.15, -0.1) is 0 Å². The molecule has 0 bridgehead atoms. The highest BCUT2D eigenvalue weighted by molar-refractivity contribution is 5.78. The summed E-state index contributed by atoms with van der Waals surface area (Å²) in [6.07, 6.45) is 5.54. The van der Waals surface area contributed by atoms with Crippen molar-refractivity contribution in [2.75, 3.05) is 12.3 Å². The summed E-state index contributed by atoms with van der Waals surface area (Å²) in [5.41, 5.74) is 9.14. The Morgan fingerprint density at radius 1 is 1.13 bits per heavy atom. The van der Waals surface area contributed by atoms with Crippen LogP contribution >= 0.6 is 0 Å². The van der Waals surface area contributed by atoms with Crippen molar-refractivity contribution >= 4 is 11.9 Å². The van der Waals surface area contributed by atoms with E-state index in [0.29, 0.717) is 30.6 Å². The molecule has 5 nitrogen and oxygen atoms in total. The van der Waals surface area contributed by atoms with E-state index in [-0.39, 0.29) is 23.7 Å². The number of piperidine rings is 1. The summed E-state index contributed by atoms with van der Waals surface area (Å²) in [6, 6.07) is 16.2. The van der Waals surface area contributed by atoms with Crippen molar-refractivity contribution in [1.29, 1.82) is 0 Å². The first kappa shape index (κ1) is 20.0. The summed E-state index contributed by atoms with van der Waals surface area (Å²) < 4.78 is 13.8. The van der Waals surface area contributed by atoms with Crippen LogP contribution in [-0.2, 0) is 11.2 Å². The van der Waals surface area contributed by atoms with Crippen LogP contribution in [0.4, 0.5) is 10.3 Å². The number of halogens is 1. The Balaban J connectivity index is 1.62. The number of nitrogens with two attached hydrogens (primary N) is 1. The first-order valence-electron chi connectivity index (χ1n) is 10.3. The number of hydrogen-bond donors (Lipinski definition) is 1. The van der Waals surface area contributed by atoms with E-state index < -0.39 is 0 Å². The zero-order chi connectivity index (χ0) is 20.9. The van der Waals surface area contributed by atoms with Crippen molar-refractivity contribution in [2.24, 2.45) is 0 Å². The zero-order valence-electron chi connectivity index (χ0n) is 16.8. The Bertz CT molecular complexity index is 1020. The number of benzene rings is 2. The molecule has 30 heavy (non-hydrogen) atoms. The Kier molecular flexibility index (Phi) is 6.02. The molecule has 2 N–H and O–H groups in total. The highest BCUT2D eigenvalue weighted by Crippen LogP contribution is 2.36. The van der Waals surface area contributed by atoms with Crippen molar-refractivity contribution in [3.8, 4) is 11.1 Å². The van der Waals surface area contributed by atoms with Crippen molar-refractivity contribution in [3.05, 3.63) is 77.9 Å². The molecule has 1 aliphatic heterocycles. The van der Waals surface area contributed by atoms with Crippen LogP contribution in [0.5, 0.6) is 0 Å². The summed E-state index contributed by atoms with van der Waals surface area (Å²) in [7, 11) is 0. The van der Waals surface area contributed by atoms with Crippen LogP contribution in [0.25, 0.3) is 11.1 Å². The number of rotatable bonds is 5. The van der Waals surface area contributed by atoms with Gasteiger partial charge in [-0.05, 0) is 48.9 Å². The molecule has 1 atom stereocenters. The van der Waals surface area contributed by atoms with Gasteiger partial charge in [-0.1, -0.05) is 42.5 Å². The molecule has 0 unspecified atom stereocenters. The molecule has 4 rings (SSSR count). The second-order valence-corrected chi connectivity index (χ2v) is 7.62. The fourth-order valence-electron chi connectivity index (χ4n) is 4.10. The number of hydrogen-bond acceptors (Lipinski definition) is 4. The van der Waals surface area contributed by atoms with E-state index in [4.69, 9.17) is 5.73 Å². The van der Waals surface area contributed by atoms with E-state index in [1.54, 1.807) is 12.3 Å². The van der Waals surface area contributed by atoms with Crippen molar-refractivity contribution < 1.29 is 9.18 Å². The van der Waals surface area contributed by atoms with Gasteiger partial charge >= 0.3 is 0 Å². The normalized spacial score (nSPS) is 16.4. The maximum Gasteiger partial charge on any atom is 0.223 e. The number of carbonyl (C=O) groups excluding carboxylic acids is 1. The molecule has 154 valence electrons. The van der Waals surface area contributed by atoms with Gasteiger partial charge in [0.15, 0.2) is 0 Å². The Morgan fingerprint density at radius 2 is 1.97 bits per heavy atom. The molecule has 0 aliphatic carbocycles. The Hall–Kier alpha value is -3.28. The van der Waals surface area contributed by atoms with Gasteiger partial charge in [0.2, 0.25) is 11.9 Å². The van der Waals surface area contributed by atoms with Crippen LogP contribution in [0.1, 0.15) is 43.0 Å². The summed E-state index contributed by atoms with van der Waals surface area (Å²) in [5, 5.41) is 0. The lowest BCUT2D eigenvalue weighted by atomic mass is 9.93. The van der Waals surface area contributed by atoms with E-state index in [9.17, 15) is 9.18 Å². The lowest BCUT2D eigenvalue weighted by molar-refractivity contribution is -0.135. The number of aromatic nitrogens is 2. The number of aryl methyl sites for hydroxylation is 1. The van der Waals surface area contributed by atoms with Crippen LogP contribution in [0, 0.1) is 5.82 Å². The third-order valence-corrected chi connectivity index (χ3v) is 5.58. The van der Waals surface area contributed by atoms with Crippen molar-refractivity contribution in [2.45, 2.75) is 38.1 Å². The van der Waals surface area contributed by atoms with E-state index in [1.807, 2.05) is 41.3 Å². The van der Waals surface area contributed by atoms with Gasteiger partial charge in [0.05, 0.1) is 11.7 Å². The monoisotopic (exact) mass is 404 g/mol. The molecule has 0 spiro atoms. The molecule has 1 aromatic heterocycles. The van der Waals surface area contributed by atoms with E-state index in [2.05, 4.69) is 9.97 Å². The van der Waals surface area contributed by atoms with Gasteiger partial charge in [-0.3, -0.25) is 4.79 Å². The summed E-state index contributed by atoms with van der Waals surface area (Å²) in [4.78, 5) is 23.7. The standard InChI is InChI=1S/C24H25FN4O/c25-19-10-6-9-18(15-19)20-16-27-24(26)28-23(20)21-11-4-5-14-29(21)22(30)13-12-17-7-2-1-3-8-17/h1-3,6-10,15-16,21H,4-5,11-14H2,(H2,26,27,28)/t21-/m0/s1. The van der Waals surface area contributed by atoms with Gasteiger partial charge in [0, 0.05) is 24.7 Å². The summed E-state index contributed by atoms with van der Waals surface area (Å²) in [6.45, 7) is 0.685. The third-order valence-electron chi connectivity index (χ3n) is 5.58. The molecular formula is C24H25FN4O. The Labute approximate surface area is 175 Å². The van der Waals surface area contributed by atoms with E-state index in [0.717, 1.165) is 30.4 Å². The number of anilines is 1. The average molecular weight is 404 g/mol. The van der Waals surface area contributed by atoms with Crippen LogP contribution in [0.3, 0.4) is 0 Å². The largest absolute Gasteiger partial charge is 0.368 e. The fraction of sp³-hybridized carbons (Fsp3) is 0.292. The number of likely N-dealkylation sites (tertiary alicyclic amines) is 1. The maximum absolute atomic E-state index is 13.8. The third kappa shape index (κ3) is 4.48. The van der Waals surface area contributed by atoms with E-state index in [1.165, 1.54) is 12.1 Å². The summed E-state index contributed by atoms with van der Waals surface area (Å²) in [5.74, 6) is -0.0620. The predicted molar refractivity (Wildman–Crippen MR) is 115 cm³/mol. The lowest BCUT2D eigenvalue weighted by Crippen LogP contribution is -2.39. The van der Waals surface area contributed by atoms with Crippen LogP contribution in [0.2, 0.25) is 0 Å². The Morgan fingerprint density at radius 3 is 2.77 bits per heavy atom. The van der Waals surface area contributed by atoms with Gasteiger partial charge in [0.1, 0.15) is 5.82 Å². The number of amides is 1. The first-order chi connectivity index (χ1) is 14.6. The quantitative estimate of drug-likeness (QED) is 0.677. The molecule has 1 saturated heterocycles. The lowest BCUT2D eigenvalue weighted by Gasteiger charge is -2.36. The van der Waals surface area contributed by atoms with Crippen molar-refractivity contribution in [1.82, 2.24) is 14.9 Å². The fourth-order valence-corrected chi connectivity index (χ4v) is 4.10.